The van der Waals surface area contributed by atoms with Gasteiger partial charge in [-0.05, 0) is 107 Å². The Morgan fingerprint density at radius 1 is 1.07 bits per heavy atom. The predicted molar refractivity (Wildman–Crippen MR) is 170 cm³/mol. The monoisotopic (exact) mass is 547 g/mol. The Kier molecular flexibility index (Phi) is 13.7. The van der Waals surface area contributed by atoms with Gasteiger partial charge in [-0.3, -0.25) is 9.79 Å². The highest BCUT2D eigenvalue weighted by Gasteiger charge is 2.21. The summed E-state index contributed by atoms with van der Waals surface area (Å²) in [6, 6.07) is 17.5. The van der Waals surface area contributed by atoms with E-state index < -0.39 is 11.4 Å². The van der Waals surface area contributed by atoms with Gasteiger partial charge in [0.25, 0.3) is 0 Å². The lowest BCUT2D eigenvalue weighted by molar-refractivity contribution is -0.145. The van der Waals surface area contributed by atoms with Gasteiger partial charge in [0.2, 0.25) is 0 Å². The first kappa shape index (κ1) is 33.3. The molecule has 1 saturated carbocycles. The highest BCUT2D eigenvalue weighted by atomic mass is 16.5. The smallest absolute Gasteiger partial charge is 0.308 e. The Balaban J connectivity index is 0.000000708. The van der Waals surface area contributed by atoms with E-state index in [0.717, 1.165) is 36.6 Å². The molecule has 0 aliphatic heterocycles. The summed E-state index contributed by atoms with van der Waals surface area (Å²) in [6.45, 7) is 16.8. The molecule has 0 amide bonds. The predicted octanol–water partition coefficient (Wildman–Crippen LogP) is 10.0. The van der Waals surface area contributed by atoms with Crippen molar-refractivity contribution in [2.75, 3.05) is 6.61 Å². The maximum Gasteiger partial charge on any atom is 0.308 e. The molecule has 0 spiro atoms. The minimum Gasteiger partial charge on any atom is -0.493 e. The van der Waals surface area contributed by atoms with Crippen LogP contribution in [0.4, 0.5) is 0 Å². The lowest BCUT2D eigenvalue weighted by atomic mass is 9.79. The van der Waals surface area contributed by atoms with Gasteiger partial charge in [-0.2, -0.15) is 0 Å². The van der Waals surface area contributed by atoms with Crippen LogP contribution in [-0.4, -0.2) is 23.4 Å². The molecule has 4 nitrogen and oxygen atoms in total. The van der Waals surface area contributed by atoms with Crippen molar-refractivity contribution in [3.05, 3.63) is 76.5 Å². The number of benzene rings is 2. The zero-order valence-electron chi connectivity index (χ0n) is 26.3. The fraction of sp³-hybridized carbons (Fsp3) is 0.556. The van der Waals surface area contributed by atoms with Crippen LogP contribution in [0.1, 0.15) is 123 Å². The van der Waals surface area contributed by atoms with Gasteiger partial charge in [0.05, 0.1) is 12.0 Å². The van der Waals surface area contributed by atoms with Gasteiger partial charge < -0.3 is 9.84 Å². The largest absolute Gasteiger partial charge is 0.493 e. The number of unbranched alkanes of at least 4 members (excludes halogenated alkanes) is 1. The summed E-state index contributed by atoms with van der Waals surface area (Å²) in [5.41, 5.74) is 7.04. The zero-order chi connectivity index (χ0) is 29.7. The molecule has 0 bridgehead atoms. The summed E-state index contributed by atoms with van der Waals surface area (Å²) in [4.78, 5) is 15.1. The molecule has 2 aromatic carbocycles. The third-order valence-corrected chi connectivity index (χ3v) is 8.01. The van der Waals surface area contributed by atoms with Crippen molar-refractivity contribution in [2.24, 2.45) is 16.3 Å². The van der Waals surface area contributed by atoms with Crippen LogP contribution in [0.15, 0.2) is 64.8 Å². The number of ether oxygens (including phenoxy) is 1. The first-order valence-electron chi connectivity index (χ1n) is 15.3. The lowest BCUT2D eigenvalue weighted by Crippen LogP contribution is -2.18. The van der Waals surface area contributed by atoms with Crippen LogP contribution in [0.3, 0.4) is 0 Å². The first-order valence-corrected chi connectivity index (χ1v) is 15.3. The van der Waals surface area contributed by atoms with Crippen molar-refractivity contribution >= 4 is 11.7 Å². The van der Waals surface area contributed by atoms with Crippen molar-refractivity contribution < 1.29 is 14.6 Å². The van der Waals surface area contributed by atoms with E-state index in [1.165, 1.54) is 60.1 Å². The fourth-order valence-corrected chi connectivity index (χ4v) is 4.41. The number of nitrogens with zero attached hydrogens (tertiary/aromatic N) is 1. The van der Waals surface area contributed by atoms with Crippen LogP contribution < -0.4 is 4.74 Å². The SMILES string of the molecule is CC(C)(C)C(=O)O.CCCCc1ccc(C2CCC2)cc1OCC/C(N=C(C)c1ccccc1)=C(\C)C(C)CC. The molecule has 2 aromatic rings. The summed E-state index contributed by atoms with van der Waals surface area (Å²) in [7, 11) is 0. The molecule has 0 heterocycles. The summed E-state index contributed by atoms with van der Waals surface area (Å²) in [6.07, 6.45) is 9.47. The average Bonchev–Trinajstić information content (AvgIpc) is 2.90. The minimum absolute atomic E-state index is 0.523. The molecule has 1 unspecified atom stereocenters. The van der Waals surface area contributed by atoms with Crippen LogP contribution in [0.5, 0.6) is 5.75 Å². The number of carboxylic acids is 1. The van der Waals surface area contributed by atoms with Gasteiger partial charge in [-0.1, -0.05) is 76.1 Å². The zero-order valence-corrected chi connectivity index (χ0v) is 26.3. The number of allylic oxidation sites excluding steroid dienone is 1. The van der Waals surface area contributed by atoms with E-state index in [1.54, 1.807) is 20.8 Å². The molecule has 4 heteroatoms. The maximum absolute atomic E-state index is 10.0. The van der Waals surface area contributed by atoms with Gasteiger partial charge in [-0.25, -0.2) is 0 Å². The van der Waals surface area contributed by atoms with Gasteiger partial charge in [-0.15, -0.1) is 0 Å². The number of aryl methyl sites for hydroxylation is 1. The quantitative estimate of drug-likeness (QED) is 0.269. The Hall–Kier alpha value is -2.88. The number of aliphatic carboxylic acids is 1. The molecule has 40 heavy (non-hydrogen) atoms. The highest BCUT2D eigenvalue weighted by molar-refractivity contribution is 5.99. The molecule has 3 rings (SSSR count). The van der Waals surface area contributed by atoms with Crippen molar-refractivity contribution in [3.8, 4) is 5.75 Å². The molecule has 0 radical (unpaired) electrons. The number of rotatable bonds is 12. The third kappa shape index (κ3) is 10.6. The van der Waals surface area contributed by atoms with E-state index in [9.17, 15) is 4.79 Å². The number of hydrogen-bond acceptors (Lipinski definition) is 3. The molecule has 1 aliphatic rings. The average molecular weight is 548 g/mol. The Labute approximate surface area is 244 Å². The lowest BCUT2D eigenvalue weighted by Gasteiger charge is -2.26. The molecule has 0 saturated heterocycles. The summed E-state index contributed by atoms with van der Waals surface area (Å²) in [5.74, 6) is 1.59. The Morgan fingerprint density at radius 2 is 1.73 bits per heavy atom. The van der Waals surface area contributed by atoms with Crippen LogP contribution in [0.25, 0.3) is 0 Å². The number of carboxylic acid groups (broad SMARTS) is 1. The van der Waals surface area contributed by atoms with E-state index in [2.05, 4.69) is 83.1 Å². The summed E-state index contributed by atoms with van der Waals surface area (Å²) in [5, 5.41) is 8.25. The molecule has 1 fully saturated rings. The van der Waals surface area contributed by atoms with Gasteiger partial charge in [0, 0.05) is 17.8 Å². The second kappa shape index (κ2) is 16.4. The number of carbonyl (C=O) groups is 1. The van der Waals surface area contributed by atoms with Gasteiger partial charge in [0.15, 0.2) is 0 Å². The fourth-order valence-electron chi connectivity index (χ4n) is 4.41. The second-order valence-electron chi connectivity index (χ2n) is 12.3. The molecule has 220 valence electrons. The Morgan fingerprint density at radius 3 is 2.25 bits per heavy atom. The van der Waals surface area contributed by atoms with E-state index in [-0.39, 0.29) is 0 Å². The van der Waals surface area contributed by atoms with Gasteiger partial charge in [0.1, 0.15) is 5.75 Å². The summed E-state index contributed by atoms with van der Waals surface area (Å²) >= 11 is 0. The van der Waals surface area contributed by atoms with Crippen LogP contribution in [-0.2, 0) is 11.2 Å². The molecular weight excluding hydrogens is 494 g/mol. The maximum atomic E-state index is 10.0. The van der Waals surface area contributed by atoms with Crippen LogP contribution >= 0.6 is 0 Å². The van der Waals surface area contributed by atoms with E-state index in [4.69, 9.17) is 14.8 Å². The van der Waals surface area contributed by atoms with Crippen molar-refractivity contribution in [1.29, 1.82) is 0 Å². The molecule has 0 aromatic heterocycles. The molecule has 1 N–H and O–H groups in total. The minimum atomic E-state index is -0.757. The van der Waals surface area contributed by atoms with E-state index in [0.29, 0.717) is 12.5 Å². The number of aliphatic imine (C=N–C) groups is 1. The van der Waals surface area contributed by atoms with Crippen molar-refractivity contribution in [2.45, 2.75) is 113 Å². The van der Waals surface area contributed by atoms with Crippen LogP contribution in [0.2, 0.25) is 0 Å². The highest BCUT2D eigenvalue weighted by Crippen LogP contribution is 2.38. The van der Waals surface area contributed by atoms with Gasteiger partial charge >= 0.3 is 5.97 Å². The molecular formula is C36H53NO3. The third-order valence-electron chi connectivity index (χ3n) is 8.01. The van der Waals surface area contributed by atoms with Crippen molar-refractivity contribution in [3.63, 3.8) is 0 Å². The topological polar surface area (TPSA) is 58.9 Å². The van der Waals surface area contributed by atoms with Crippen molar-refractivity contribution in [1.82, 2.24) is 0 Å². The second-order valence-corrected chi connectivity index (χ2v) is 12.3. The number of hydrogen-bond donors (Lipinski definition) is 1. The van der Waals surface area contributed by atoms with E-state index >= 15 is 0 Å². The van der Waals surface area contributed by atoms with E-state index in [1.807, 2.05) is 0 Å². The molecule has 1 aliphatic carbocycles. The summed E-state index contributed by atoms with van der Waals surface area (Å²) < 4.78 is 6.47. The normalized spacial score (nSPS) is 15.3. The van der Waals surface area contributed by atoms with Crippen LogP contribution in [0, 0.1) is 11.3 Å². The molecule has 1 atom stereocenters. The first-order chi connectivity index (χ1) is 19.0. The Bertz CT molecular complexity index is 1120. The standard InChI is InChI=1S/C31H43NO.C5H10O2/c1-6-8-13-28-18-19-29(27-16-12-17-27)22-31(28)33-21-20-30(24(4)23(3)7-2)32-25(5)26-14-10-9-11-15-26;1-5(2,3)4(6)7/h9-11,14-15,18-19,22-23,27H,6-8,12-13,16-17,20-21H2,1-5H3;1-3H3,(H,6,7)/b30-24-,32-25?;.